The molecule has 2 rings (SSSR count). The van der Waals surface area contributed by atoms with Crippen molar-refractivity contribution in [2.45, 2.75) is 64.5 Å². The van der Waals surface area contributed by atoms with Gasteiger partial charge in [-0.1, -0.05) is 38.5 Å². The fourth-order valence-electron chi connectivity index (χ4n) is 3.48. The second-order valence-electron chi connectivity index (χ2n) is 6.27. The molecule has 1 atom stereocenters. The molecule has 0 radical (unpaired) electrons. The first kappa shape index (κ1) is 15.4. The number of nitrogens with zero attached hydrogens (tertiary/aromatic N) is 1. The fourth-order valence-corrected chi connectivity index (χ4v) is 3.48. The van der Waals surface area contributed by atoms with Gasteiger partial charge in [0.05, 0.1) is 0 Å². The molecule has 2 heteroatoms. The van der Waals surface area contributed by atoms with E-state index in [9.17, 15) is 0 Å². The van der Waals surface area contributed by atoms with Crippen LogP contribution in [0.25, 0.3) is 0 Å². The quantitative estimate of drug-likeness (QED) is 0.856. The number of para-hydroxylation sites is 1. The number of benzene rings is 1. The second kappa shape index (κ2) is 7.12. The summed E-state index contributed by atoms with van der Waals surface area (Å²) in [6.07, 6.45) is 7.75. The van der Waals surface area contributed by atoms with Crippen LogP contribution in [-0.2, 0) is 0 Å². The summed E-state index contributed by atoms with van der Waals surface area (Å²) in [4.78, 5) is 2.48. The normalized spacial score (nSPS) is 24.4. The first-order chi connectivity index (χ1) is 9.67. The number of rotatable bonds is 5. The van der Waals surface area contributed by atoms with Crippen LogP contribution < -0.4 is 10.6 Å². The third-order valence-corrected chi connectivity index (χ3v) is 5.10. The van der Waals surface area contributed by atoms with Gasteiger partial charge in [-0.25, -0.2) is 0 Å². The van der Waals surface area contributed by atoms with Crippen LogP contribution in [0.5, 0.6) is 0 Å². The lowest BCUT2D eigenvalue weighted by molar-refractivity contribution is 0.313. The van der Waals surface area contributed by atoms with E-state index >= 15 is 0 Å². The molecule has 1 aliphatic rings. The maximum Gasteiger partial charge on any atom is 0.0414 e. The Morgan fingerprint density at radius 3 is 2.40 bits per heavy atom. The molecule has 2 nitrogen and oxygen atoms in total. The van der Waals surface area contributed by atoms with E-state index in [1.54, 1.807) is 0 Å². The maximum absolute atomic E-state index is 6.28. The van der Waals surface area contributed by atoms with Crippen molar-refractivity contribution in [1.82, 2.24) is 0 Å². The smallest absolute Gasteiger partial charge is 0.0414 e. The Labute approximate surface area is 124 Å². The summed E-state index contributed by atoms with van der Waals surface area (Å²) < 4.78 is 0. The van der Waals surface area contributed by atoms with Crippen molar-refractivity contribution in [3.63, 3.8) is 0 Å². The third kappa shape index (κ3) is 3.35. The van der Waals surface area contributed by atoms with Gasteiger partial charge < -0.3 is 10.6 Å². The molecule has 1 fully saturated rings. The zero-order chi connectivity index (χ0) is 14.5. The van der Waals surface area contributed by atoms with Gasteiger partial charge >= 0.3 is 0 Å². The Balaban J connectivity index is 2.11. The average molecular weight is 274 g/mol. The Morgan fingerprint density at radius 1 is 1.15 bits per heavy atom. The summed E-state index contributed by atoms with van der Waals surface area (Å²) in [7, 11) is 2.25. The van der Waals surface area contributed by atoms with E-state index in [0.717, 1.165) is 12.3 Å². The van der Waals surface area contributed by atoms with Gasteiger partial charge in [0.2, 0.25) is 0 Å². The number of nitrogens with two attached hydrogens (primary N) is 1. The van der Waals surface area contributed by atoms with Crippen LogP contribution in [-0.4, -0.2) is 13.1 Å². The van der Waals surface area contributed by atoms with Crippen molar-refractivity contribution in [1.29, 1.82) is 0 Å². The molecular formula is C18H30N2. The van der Waals surface area contributed by atoms with Gasteiger partial charge in [-0.15, -0.1) is 0 Å². The highest BCUT2D eigenvalue weighted by atomic mass is 15.1. The predicted octanol–water partition coefficient (Wildman–Crippen LogP) is 4.50. The van der Waals surface area contributed by atoms with Gasteiger partial charge in [-0.05, 0) is 49.7 Å². The van der Waals surface area contributed by atoms with Gasteiger partial charge in [-0.2, -0.15) is 0 Å². The lowest BCUT2D eigenvalue weighted by Gasteiger charge is -2.37. The van der Waals surface area contributed by atoms with Gasteiger partial charge in [0, 0.05) is 24.8 Å². The standard InChI is InChI=1S/C18H30N2/c1-4-14-10-12-15(13-11-14)20(3)18-9-7-6-8-16(18)17(19)5-2/h6-9,14-15,17H,4-5,10-13,19H2,1-3H3/t14?,15?,17-/m1/s1. The van der Waals surface area contributed by atoms with Crippen molar-refractivity contribution >= 4 is 5.69 Å². The molecule has 2 N–H and O–H groups in total. The maximum atomic E-state index is 6.28. The molecule has 0 aromatic heterocycles. The predicted molar refractivity (Wildman–Crippen MR) is 88.1 cm³/mol. The minimum absolute atomic E-state index is 0.153. The molecule has 112 valence electrons. The molecule has 20 heavy (non-hydrogen) atoms. The van der Waals surface area contributed by atoms with Crippen LogP contribution in [0.4, 0.5) is 5.69 Å². The molecule has 0 unspecified atom stereocenters. The van der Waals surface area contributed by atoms with Crippen molar-refractivity contribution in [2.75, 3.05) is 11.9 Å². The molecule has 1 aromatic carbocycles. The minimum atomic E-state index is 0.153. The summed E-state index contributed by atoms with van der Waals surface area (Å²) in [6, 6.07) is 9.50. The Bertz CT molecular complexity index is 408. The molecule has 0 saturated heterocycles. The van der Waals surface area contributed by atoms with E-state index in [-0.39, 0.29) is 6.04 Å². The summed E-state index contributed by atoms with van der Waals surface area (Å²) in [5.74, 6) is 0.952. The van der Waals surface area contributed by atoms with E-state index < -0.39 is 0 Å². The average Bonchev–Trinajstić information content (AvgIpc) is 2.53. The topological polar surface area (TPSA) is 29.3 Å². The summed E-state index contributed by atoms with van der Waals surface area (Å²) >= 11 is 0. The zero-order valence-electron chi connectivity index (χ0n) is 13.3. The first-order valence-electron chi connectivity index (χ1n) is 8.24. The van der Waals surface area contributed by atoms with E-state index in [1.807, 2.05) is 0 Å². The summed E-state index contributed by atoms with van der Waals surface area (Å²) in [5, 5.41) is 0. The fraction of sp³-hybridized carbons (Fsp3) is 0.667. The van der Waals surface area contributed by atoms with E-state index in [2.05, 4.69) is 50.1 Å². The number of hydrogen-bond acceptors (Lipinski definition) is 2. The van der Waals surface area contributed by atoms with Crippen LogP contribution in [0, 0.1) is 5.92 Å². The van der Waals surface area contributed by atoms with Crippen molar-refractivity contribution in [3.8, 4) is 0 Å². The molecule has 1 aromatic rings. The summed E-state index contributed by atoms with van der Waals surface area (Å²) in [5.41, 5.74) is 8.92. The Hall–Kier alpha value is -1.02. The molecule has 0 spiro atoms. The highest BCUT2D eigenvalue weighted by molar-refractivity contribution is 5.55. The number of anilines is 1. The largest absolute Gasteiger partial charge is 0.371 e. The zero-order valence-corrected chi connectivity index (χ0v) is 13.3. The monoisotopic (exact) mass is 274 g/mol. The van der Waals surface area contributed by atoms with Crippen molar-refractivity contribution < 1.29 is 0 Å². The van der Waals surface area contributed by atoms with E-state index in [4.69, 9.17) is 5.73 Å². The van der Waals surface area contributed by atoms with Crippen molar-refractivity contribution in [2.24, 2.45) is 11.7 Å². The van der Waals surface area contributed by atoms with Gasteiger partial charge in [0.1, 0.15) is 0 Å². The molecule has 1 aliphatic carbocycles. The first-order valence-corrected chi connectivity index (χ1v) is 8.24. The Morgan fingerprint density at radius 2 is 1.80 bits per heavy atom. The molecule has 0 bridgehead atoms. The van der Waals surface area contributed by atoms with Crippen LogP contribution in [0.3, 0.4) is 0 Å². The Kier molecular flexibility index (Phi) is 5.47. The van der Waals surface area contributed by atoms with Crippen molar-refractivity contribution in [3.05, 3.63) is 29.8 Å². The summed E-state index contributed by atoms with van der Waals surface area (Å²) in [6.45, 7) is 4.48. The molecule has 0 amide bonds. The molecule has 0 aliphatic heterocycles. The van der Waals surface area contributed by atoms with Gasteiger partial charge in [0.25, 0.3) is 0 Å². The highest BCUT2D eigenvalue weighted by Gasteiger charge is 2.24. The highest BCUT2D eigenvalue weighted by Crippen LogP contribution is 2.34. The van der Waals surface area contributed by atoms with E-state index in [1.165, 1.54) is 43.4 Å². The van der Waals surface area contributed by atoms with Gasteiger partial charge in [0.15, 0.2) is 0 Å². The van der Waals surface area contributed by atoms with Crippen LogP contribution in [0.2, 0.25) is 0 Å². The molecular weight excluding hydrogens is 244 g/mol. The third-order valence-electron chi connectivity index (χ3n) is 5.10. The van der Waals surface area contributed by atoms with E-state index in [0.29, 0.717) is 6.04 Å². The van der Waals surface area contributed by atoms with Gasteiger partial charge in [-0.3, -0.25) is 0 Å². The molecule has 0 heterocycles. The lowest BCUT2D eigenvalue weighted by Crippen LogP contribution is -2.36. The minimum Gasteiger partial charge on any atom is -0.371 e. The lowest BCUT2D eigenvalue weighted by atomic mass is 9.83. The van der Waals surface area contributed by atoms with Crippen LogP contribution in [0.1, 0.15) is 64.0 Å². The second-order valence-corrected chi connectivity index (χ2v) is 6.27. The van der Waals surface area contributed by atoms with Crippen LogP contribution in [0.15, 0.2) is 24.3 Å². The number of hydrogen-bond donors (Lipinski definition) is 1. The SMILES string of the molecule is CCC1CCC(N(C)c2ccccc2[C@H](N)CC)CC1. The van der Waals surface area contributed by atoms with Crippen LogP contribution >= 0.6 is 0 Å². The molecule has 1 saturated carbocycles.